The first-order chi connectivity index (χ1) is 13.1. The van der Waals surface area contributed by atoms with Crippen molar-refractivity contribution >= 4 is 17.0 Å². The number of carboxylic acid groups (broad SMARTS) is 1. The summed E-state index contributed by atoms with van der Waals surface area (Å²) in [6, 6.07) is 20.8. The summed E-state index contributed by atoms with van der Waals surface area (Å²) >= 11 is 0. The van der Waals surface area contributed by atoms with Gasteiger partial charge in [0.25, 0.3) is 0 Å². The zero-order chi connectivity index (χ0) is 18.8. The van der Waals surface area contributed by atoms with E-state index in [4.69, 9.17) is 9.84 Å². The molecule has 0 atom stereocenters. The largest absolute Gasteiger partial charge is 0.489 e. The number of carboxylic acids is 1. The van der Waals surface area contributed by atoms with E-state index in [-0.39, 0.29) is 5.56 Å². The van der Waals surface area contributed by atoms with E-state index in [2.05, 4.69) is 29.0 Å². The molecular weight excluding hydrogens is 340 g/mol. The zero-order valence-corrected chi connectivity index (χ0v) is 14.8. The highest BCUT2D eigenvalue weighted by atomic mass is 16.5. The lowest BCUT2D eigenvalue weighted by atomic mass is 10.1. The predicted octanol–water partition coefficient (Wildman–Crippen LogP) is 4.82. The molecule has 0 spiro atoms. The van der Waals surface area contributed by atoms with Crippen LogP contribution in [-0.2, 0) is 6.61 Å². The summed E-state index contributed by atoms with van der Waals surface area (Å²) in [5.41, 5.74) is 4.91. The number of fused-ring (bicyclic) bond motifs is 1. The monoisotopic (exact) mass is 358 g/mol. The molecule has 0 saturated heterocycles. The Morgan fingerprint density at radius 3 is 2.63 bits per heavy atom. The van der Waals surface area contributed by atoms with Crippen LogP contribution in [0.4, 0.5) is 0 Å². The molecule has 4 rings (SSSR count). The summed E-state index contributed by atoms with van der Waals surface area (Å²) in [4.78, 5) is 18.8. The molecule has 0 bridgehead atoms. The third-order valence-corrected chi connectivity index (χ3v) is 4.34. The van der Waals surface area contributed by atoms with Gasteiger partial charge in [0.05, 0.1) is 16.6 Å². The molecule has 5 nitrogen and oxygen atoms in total. The minimum atomic E-state index is -0.955. The van der Waals surface area contributed by atoms with Crippen molar-refractivity contribution in [3.8, 4) is 17.1 Å². The van der Waals surface area contributed by atoms with E-state index in [1.54, 1.807) is 18.2 Å². The van der Waals surface area contributed by atoms with Crippen LogP contribution >= 0.6 is 0 Å². The number of aromatic carboxylic acids is 1. The van der Waals surface area contributed by atoms with Crippen molar-refractivity contribution in [3.63, 3.8) is 0 Å². The van der Waals surface area contributed by atoms with Crippen LogP contribution in [0, 0.1) is 6.92 Å². The molecule has 3 aromatic carbocycles. The third kappa shape index (κ3) is 3.67. The number of hydrogen-bond acceptors (Lipinski definition) is 3. The number of aryl methyl sites for hydroxylation is 1. The van der Waals surface area contributed by atoms with Crippen molar-refractivity contribution in [1.82, 2.24) is 9.97 Å². The van der Waals surface area contributed by atoms with Crippen LogP contribution in [0.1, 0.15) is 21.5 Å². The zero-order valence-electron chi connectivity index (χ0n) is 14.8. The number of rotatable bonds is 5. The van der Waals surface area contributed by atoms with Crippen molar-refractivity contribution in [2.75, 3.05) is 0 Å². The number of H-pyrrole nitrogens is 1. The minimum Gasteiger partial charge on any atom is -0.489 e. The molecule has 2 N–H and O–H groups in total. The molecule has 27 heavy (non-hydrogen) atoms. The Bertz CT molecular complexity index is 1110. The number of nitrogens with zero attached hydrogens (tertiary/aromatic N) is 1. The molecule has 5 heteroatoms. The van der Waals surface area contributed by atoms with Gasteiger partial charge in [0, 0.05) is 5.56 Å². The van der Waals surface area contributed by atoms with E-state index in [0.717, 1.165) is 22.4 Å². The Morgan fingerprint density at radius 1 is 1.07 bits per heavy atom. The average Bonchev–Trinajstić information content (AvgIpc) is 3.10. The Hall–Kier alpha value is -3.60. The summed E-state index contributed by atoms with van der Waals surface area (Å²) in [5.74, 6) is 0.519. The lowest BCUT2D eigenvalue weighted by Crippen LogP contribution is -1.95. The summed E-state index contributed by atoms with van der Waals surface area (Å²) in [7, 11) is 0. The van der Waals surface area contributed by atoms with Crippen LogP contribution in [0.3, 0.4) is 0 Å². The lowest BCUT2D eigenvalue weighted by Gasteiger charge is -2.07. The first-order valence-electron chi connectivity index (χ1n) is 8.60. The van der Waals surface area contributed by atoms with Gasteiger partial charge in [0.2, 0.25) is 0 Å². The number of imidazole rings is 1. The van der Waals surface area contributed by atoms with Gasteiger partial charge in [-0.2, -0.15) is 0 Å². The molecule has 0 fully saturated rings. The second-order valence-electron chi connectivity index (χ2n) is 6.42. The van der Waals surface area contributed by atoms with E-state index in [9.17, 15) is 4.79 Å². The summed E-state index contributed by atoms with van der Waals surface area (Å²) in [6.07, 6.45) is 0. The smallest absolute Gasteiger partial charge is 0.335 e. The quantitative estimate of drug-likeness (QED) is 0.536. The van der Waals surface area contributed by atoms with Gasteiger partial charge < -0.3 is 14.8 Å². The van der Waals surface area contributed by atoms with Crippen molar-refractivity contribution in [2.24, 2.45) is 0 Å². The molecule has 0 aliphatic carbocycles. The highest BCUT2D eigenvalue weighted by molar-refractivity contribution is 5.93. The summed E-state index contributed by atoms with van der Waals surface area (Å²) in [5, 5.41) is 9.10. The fraction of sp³-hybridized carbons (Fsp3) is 0.0909. The van der Waals surface area contributed by atoms with Crippen LogP contribution in [-0.4, -0.2) is 21.0 Å². The third-order valence-electron chi connectivity index (χ3n) is 4.34. The molecule has 1 aromatic heterocycles. The van der Waals surface area contributed by atoms with E-state index in [0.29, 0.717) is 17.9 Å². The van der Waals surface area contributed by atoms with E-state index in [1.807, 2.05) is 36.4 Å². The predicted molar refractivity (Wildman–Crippen MR) is 104 cm³/mol. The number of nitrogens with one attached hydrogen (secondary N) is 1. The standard InChI is InChI=1S/C22H18N2O3/c1-14-3-2-4-15(11-14)13-27-18-8-5-16(6-9-18)21-23-19-10-7-17(22(25)26)12-20(19)24-21/h2-12H,13H2,1H3,(H,23,24)(H,25,26). The average molecular weight is 358 g/mol. The van der Waals surface area contributed by atoms with Gasteiger partial charge >= 0.3 is 5.97 Å². The fourth-order valence-electron chi connectivity index (χ4n) is 2.96. The van der Waals surface area contributed by atoms with Crippen LogP contribution < -0.4 is 4.74 Å². The maximum Gasteiger partial charge on any atom is 0.335 e. The van der Waals surface area contributed by atoms with Gasteiger partial charge in [0.15, 0.2) is 0 Å². The normalized spacial score (nSPS) is 10.9. The van der Waals surface area contributed by atoms with Gasteiger partial charge in [-0.3, -0.25) is 0 Å². The second-order valence-corrected chi connectivity index (χ2v) is 6.42. The van der Waals surface area contributed by atoms with Crippen LogP contribution in [0.5, 0.6) is 5.75 Å². The van der Waals surface area contributed by atoms with Crippen molar-refractivity contribution in [1.29, 1.82) is 0 Å². The fourth-order valence-corrected chi connectivity index (χ4v) is 2.96. The molecule has 0 saturated carbocycles. The number of carbonyl (C=O) groups is 1. The lowest BCUT2D eigenvalue weighted by molar-refractivity contribution is 0.0697. The molecule has 4 aromatic rings. The molecule has 1 heterocycles. The number of benzene rings is 3. The Kier molecular flexibility index (Phi) is 4.34. The first kappa shape index (κ1) is 16.8. The van der Waals surface area contributed by atoms with Crippen LogP contribution in [0.15, 0.2) is 66.7 Å². The number of ether oxygens (including phenoxy) is 1. The van der Waals surface area contributed by atoms with E-state index < -0.39 is 5.97 Å². The van der Waals surface area contributed by atoms with Gasteiger partial charge in [-0.05, 0) is 55.0 Å². The Morgan fingerprint density at radius 2 is 1.89 bits per heavy atom. The van der Waals surface area contributed by atoms with E-state index in [1.165, 1.54) is 5.56 Å². The van der Waals surface area contributed by atoms with Gasteiger partial charge in [-0.15, -0.1) is 0 Å². The molecule has 0 aliphatic heterocycles. The Balaban J connectivity index is 1.51. The van der Waals surface area contributed by atoms with Crippen molar-refractivity contribution < 1.29 is 14.6 Å². The molecule has 0 radical (unpaired) electrons. The topological polar surface area (TPSA) is 75.2 Å². The highest BCUT2D eigenvalue weighted by Gasteiger charge is 2.09. The minimum absolute atomic E-state index is 0.234. The molecule has 0 amide bonds. The highest BCUT2D eigenvalue weighted by Crippen LogP contribution is 2.24. The van der Waals surface area contributed by atoms with Gasteiger partial charge in [-0.1, -0.05) is 29.8 Å². The first-order valence-corrected chi connectivity index (χ1v) is 8.60. The van der Waals surface area contributed by atoms with Crippen molar-refractivity contribution in [2.45, 2.75) is 13.5 Å². The number of hydrogen-bond donors (Lipinski definition) is 2. The van der Waals surface area contributed by atoms with E-state index >= 15 is 0 Å². The molecule has 0 unspecified atom stereocenters. The Labute approximate surface area is 156 Å². The maximum atomic E-state index is 11.1. The summed E-state index contributed by atoms with van der Waals surface area (Å²) < 4.78 is 5.84. The summed E-state index contributed by atoms with van der Waals surface area (Å²) in [6.45, 7) is 2.58. The molecule has 0 aliphatic rings. The van der Waals surface area contributed by atoms with Crippen LogP contribution in [0.2, 0.25) is 0 Å². The van der Waals surface area contributed by atoms with Gasteiger partial charge in [-0.25, -0.2) is 9.78 Å². The SMILES string of the molecule is Cc1cccc(COc2ccc(-c3nc4ccc(C(=O)O)cc4[nH]3)cc2)c1. The van der Waals surface area contributed by atoms with Crippen molar-refractivity contribution in [3.05, 3.63) is 83.4 Å². The van der Waals surface area contributed by atoms with Crippen LogP contribution in [0.25, 0.3) is 22.4 Å². The molecule has 134 valence electrons. The number of aromatic amines is 1. The number of aromatic nitrogens is 2. The second kappa shape index (κ2) is 6.96. The maximum absolute atomic E-state index is 11.1. The van der Waals surface area contributed by atoms with Gasteiger partial charge in [0.1, 0.15) is 18.2 Å². The molecular formula is C22H18N2O3.